The fraction of sp³-hybridized carbons (Fsp3) is 0.269. The first-order valence-electron chi connectivity index (χ1n) is 10.8. The highest BCUT2D eigenvalue weighted by Crippen LogP contribution is 2.30. The number of halogens is 1. The zero-order valence-electron chi connectivity index (χ0n) is 18.5. The van der Waals surface area contributed by atoms with Crippen molar-refractivity contribution in [2.45, 2.75) is 46.1 Å². The Balaban J connectivity index is 1.66. The molecule has 1 atom stereocenters. The normalized spacial score (nSPS) is 12.1. The molecule has 1 unspecified atom stereocenters. The van der Waals surface area contributed by atoms with Gasteiger partial charge in [-0.15, -0.1) is 11.3 Å². The van der Waals surface area contributed by atoms with Gasteiger partial charge in [-0.3, -0.25) is 4.79 Å². The van der Waals surface area contributed by atoms with Gasteiger partial charge < -0.3 is 4.57 Å². The summed E-state index contributed by atoms with van der Waals surface area (Å²) in [5.41, 5.74) is 4.59. The van der Waals surface area contributed by atoms with Crippen molar-refractivity contribution in [3.8, 4) is 22.3 Å². The average molecular weight is 464 g/mol. The molecule has 32 heavy (non-hydrogen) atoms. The lowest BCUT2D eigenvalue weighted by Crippen LogP contribution is -2.23. The molecule has 0 saturated carbocycles. The zero-order chi connectivity index (χ0) is 22.7. The quantitative estimate of drug-likeness (QED) is 0.304. The number of thiazole rings is 1. The van der Waals surface area contributed by atoms with Gasteiger partial charge in [0.25, 0.3) is 5.56 Å². The molecule has 2 aromatic heterocycles. The van der Waals surface area contributed by atoms with Gasteiger partial charge in [-0.25, -0.2) is 4.98 Å². The molecular formula is C26H26ClN3OS. The van der Waals surface area contributed by atoms with Gasteiger partial charge in [-0.1, -0.05) is 67.1 Å². The summed E-state index contributed by atoms with van der Waals surface area (Å²) in [5, 5.41) is 0. The summed E-state index contributed by atoms with van der Waals surface area (Å²) in [6.45, 7) is 7.04. The molecule has 2 aromatic carbocycles. The first kappa shape index (κ1) is 22.4. The largest absolute Gasteiger partial charge is 0.333 e. The van der Waals surface area contributed by atoms with Crippen LogP contribution in [0.25, 0.3) is 22.3 Å². The number of hydrogen-bond donors (Lipinski definition) is 0. The Bertz CT molecular complexity index is 1280. The van der Waals surface area contributed by atoms with E-state index in [9.17, 15) is 4.79 Å². The number of hydrogen-bond acceptors (Lipinski definition) is 4. The molecule has 4 rings (SSSR count). The van der Waals surface area contributed by atoms with Gasteiger partial charge >= 0.3 is 0 Å². The molecule has 0 aliphatic rings. The van der Waals surface area contributed by atoms with E-state index in [0.29, 0.717) is 15.9 Å². The Labute approximate surface area is 197 Å². The van der Waals surface area contributed by atoms with Crippen molar-refractivity contribution in [1.82, 2.24) is 14.5 Å². The number of rotatable bonds is 7. The average Bonchev–Trinajstić information content (AvgIpc) is 3.24. The zero-order valence-corrected chi connectivity index (χ0v) is 20.1. The minimum atomic E-state index is -0.166. The van der Waals surface area contributed by atoms with E-state index in [0.717, 1.165) is 52.5 Å². The van der Waals surface area contributed by atoms with Gasteiger partial charge in [0.05, 0.1) is 5.56 Å². The molecule has 4 nitrogen and oxygen atoms in total. The van der Waals surface area contributed by atoms with Crippen LogP contribution in [0.15, 0.2) is 65.6 Å². The minimum absolute atomic E-state index is 0.166. The standard InChI is InChI=1S/C26H26ClN3OS/c1-4-30-18(3)24(21-12-8-11-20(15-21)19-9-6-5-7-10-19)25(31)29-23(30)14-13-17(2)22-16-28-26(27)32-22/h5-12,15-17H,4,13-14H2,1-3H3. The maximum absolute atomic E-state index is 13.1. The topological polar surface area (TPSA) is 47.8 Å². The summed E-state index contributed by atoms with van der Waals surface area (Å²) >= 11 is 7.50. The van der Waals surface area contributed by atoms with Crippen LogP contribution in [-0.4, -0.2) is 14.5 Å². The number of aromatic nitrogens is 3. The summed E-state index contributed by atoms with van der Waals surface area (Å²) in [5.74, 6) is 1.14. The van der Waals surface area contributed by atoms with Crippen molar-refractivity contribution in [3.05, 3.63) is 92.0 Å². The minimum Gasteiger partial charge on any atom is -0.333 e. The van der Waals surface area contributed by atoms with Crippen LogP contribution < -0.4 is 5.56 Å². The van der Waals surface area contributed by atoms with Gasteiger partial charge in [-0.05, 0) is 48.9 Å². The molecule has 0 fully saturated rings. The lowest BCUT2D eigenvalue weighted by atomic mass is 9.98. The Morgan fingerprint density at radius 1 is 1.06 bits per heavy atom. The van der Waals surface area contributed by atoms with Crippen LogP contribution in [0.1, 0.15) is 42.6 Å². The van der Waals surface area contributed by atoms with Crippen LogP contribution >= 0.6 is 22.9 Å². The van der Waals surface area contributed by atoms with Crippen LogP contribution in [0.3, 0.4) is 0 Å². The predicted octanol–water partition coefficient (Wildman–Crippen LogP) is 6.75. The van der Waals surface area contributed by atoms with E-state index < -0.39 is 0 Å². The molecule has 0 N–H and O–H groups in total. The van der Waals surface area contributed by atoms with Gasteiger partial charge in [0.15, 0.2) is 4.47 Å². The Morgan fingerprint density at radius 3 is 2.47 bits per heavy atom. The van der Waals surface area contributed by atoms with Gasteiger partial charge in [-0.2, -0.15) is 4.98 Å². The smallest absolute Gasteiger partial charge is 0.281 e. The molecule has 2 heterocycles. The molecule has 0 aliphatic carbocycles. The molecule has 0 spiro atoms. The summed E-state index contributed by atoms with van der Waals surface area (Å²) in [6, 6.07) is 18.4. The van der Waals surface area contributed by atoms with Crippen LogP contribution in [0.5, 0.6) is 0 Å². The lowest BCUT2D eigenvalue weighted by Gasteiger charge is -2.18. The van der Waals surface area contributed by atoms with E-state index in [1.54, 1.807) is 0 Å². The van der Waals surface area contributed by atoms with Crippen molar-refractivity contribution < 1.29 is 0 Å². The van der Waals surface area contributed by atoms with Crippen LogP contribution in [-0.2, 0) is 13.0 Å². The van der Waals surface area contributed by atoms with E-state index in [2.05, 4.69) is 52.6 Å². The number of nitrogens with zero attached hydrogens (tertiary/aromatic N) is 3. The Kier molecular flexibility index (Phi) is 6.87. The third-order valence-corrected chi connectivity index (χ3v) is 7.23. The van der Waals surface area contributed by atoms with Crippen molar-refractivity contribution in [2.24, 2.45) is 0 Å². The van der Waals surface area contributed by atoms with Crippen LogP contribution in [0.4, 0.5) is 0 Å². The third-order valence-electron chi connectivity index (χ3n) is 5.88. The molecule has 164 valence electrons. The molecular weight excluding hydrogens is 438 g/mol. The molecule has 4 aromatic rings. The Morgan fingerprint density at radius 2 is 1.78 bits per heavy atom. The maximum atomic E-state index is 13.1. The monoisotopic (exact) mass is 463 g/mol. The Hall–Kier alpha value is -2.76. The molecule has 0 aliphatic heterocycles. The van der Waals surface area contributed by atoms with E-state index in [4.69, 9.17) is 11.6 Å². The highest BCUT2D eigenvalue weighted by atomic mass is 35.5. The van der Waals surface area contributed by atoms with E-state index in [1.165, 1.54) is 11.3 Å². The molecule has 0 radical (unpaired) electrons. The highest BCUT2D eigenvalue weighted by molar-refractivity contribution is 7.15. The van der Waals surface area contributed by atoms with Gasteiger partial charge in [0, 0.05) is 29.7 Å². The second-order valence-electron chi connectivity index (χ2n) is 7.94. The molecule has 0 amide bonds. The van der Waals surface area contributed by atoms with Crippen molar-refractivity contribution in [1.29, 1.82) is 0 Å². The number of aryl methyl sites for hydroxylation is 1. The van der Waals surface area contributed by atoms with Crippen molar-refractivity contribution in [3.63, 3.8) is 0 Å². The third kappa shape index (κ3) is 4.69. The van der Waals surface area contributed by atoms with Gasteiger partial charge in [0.2, 0.25) is 0 Å². The molecule has 0 bridgehead atoms. The first-order chi connectivity index (χ1) is 15.5. The van der Waals surface area contributed by atoms with Gasteiger partial charge in [0.1, 0.15) is 5.82 Å². The summed E-state index contributed by atoms with van der Waals surface area (Å²) in [6.07, 6.45) is 3.45. The van der Waals surface area contributed by atoms with Crippen LogP contribution in [0.2, 0.25) is 4.47 Å². The maximum Gasteiger partial charge on any atom is 0.281 e. The van der Waals surface area contributed by atoms with Crippen molar-refractivity contribution in [2.75, 3.05) is 0 Å². The molecule has 0 saturated heterocycles. The SMILES string of the molecule is CCn1c(CCC(C)c2cnc(Cl)s2)nc(=O)c(-c2cccc(-c3ccccc3)c2)c1C. The lowest BCUT2D eigenvalue weighted by molar-refractivity contribution is 0.595. The second-order valence-corrected chi connectivity index (χ2v) is 9.58. The first-order valence-corrected chi connectivity index (χ1v) is 12.0. The van der Waals surface area contributed by atoms with Crippen LogP contribution in [0, 0.1) is 6.92 Å². The number of benzene rings is 2. The van der Waals surface area contributed by atoms with E-state index in [1.807, 2.05) is 43.5 Å². The second kappa shape index (κ2) is 9.80. The summed E-state index contributed by atoms with van der Waals surface area (Å²) in [7, 11) is 0. The molecule has 6 heteroatoms. The van der Waals surface area contributed by atoms with E-state index in [-0.39, 0.29) is 5.56 Å². The van der Waals surface area contributed by atoms with Crippen molar-refractivity contribution >= 4 is 22.9 Å². The fourth-order valence-corrected chi connectivity index (χ4v) is 5.16. The summed E-state index contributed by atoms with van der Waals surface area (Å²) in [4.78, 5) is 23.0. The highest BCUT2D eigenvalue weighted by Gasteiger charge is 2.17. The fourth-order valence-electron chi connectivity index (χ4n) is 4.12. The van der Waals surface area contributed by atoms with E-state index >= 15 is 0 Å². The predicted molar refractivity (Wildman–Crippen MR) is 134 cm³/mol. The summed E-state index contributed by atoms with van der Waals surface area (Å²) < 4.78 is 2.73.